The van der Waals surface area contributed by atoms with Crippen molar-refractivity contribution >= 4 is 5.69 Å². The summed E-state index contributed by atoms with van der Waals surface area (Å²) in [6.45, 7) is 1.83. The molecule has 0 spiro atoms. The Balaban J connectivity index is 1.96. The molecule has 0 saturated carbocycles. The van der Waals surface area contributed by atoms with Gasteiger partial charge in [-0.15, -0.1) is 0 Å². The quantitative estimate of drug-likeness (QED) is 0.474. The molecule has 2 atom stereocenters. The van der Waals surface area contributed by atoms with Crippen LogP contribution in [0.1, 0.15) is 35.7 Å². The Bertz CT molecular complexity index is 948. The lowest BCUT2D eigenvalue weighted by molar-refractivity contribution is -0.384. The molecule has 27 heavy (non-hydrogen) atoms. The third kappa shape index (κ3) is 4.35. The molecule has 0 heterocycles. The van der Waals surface area contributed by atoms with E-state index in [1.807, 2.05) is 37.3 Å². The van der Waals surface area contributed by atoms with Crippen LogP contribution in [0.15, 0.2) is 72.8 Å². The molecule has 1 N–H and O–H groups in total. The highest BCUT2D eigenvalue weighted by Crippen LogP contribution is 2.28. The Hall–Kier alpha value is -3.12. The van der Waals surface area contributed by atoms with Gasteiger partial charge in [0.2, 0.25) is 0 Å². The molecule has 3 rings (SSSR count). The Morgan fingerprint density at radius 1 is 0.852 bits per heavy atom. The maximum atomic E-state index is 13.6. The highest BCUT2D eigenvalue weighted by atomic mass is 19.2. The van der Waals surface area contributed by atoms with Gasteiger partial charge in [0.15, 0.2) is 11.6 Å². The molecule has 0 aliphatic carbocycles. The molecule has 0 amide bonds. The third-order valence-corrected chi connectivity index (χ3v) is 4.41. The lowest BCUT2D eigenvalue weighted by atomic mass is 9.96. The zero-order chi connectivity index (χ0) is 19.4. The smallest absolute Gasteiger partial charge is 0.269 e. The highest BCUT2D eigenvalue weighted by molar-refractivity contribution is 5.40. The van der Waals surface area contributed by atoms with Crippen molar-refractivity contribution in [3.05, 3.63) is 111 Å². The molecule has 1 unspecified atom stereocenters. The van der Waals surface area contributed by atoms with Crippen molar-refractivity contribution in [2.75, 3.05) is 0 Å². The van der Waals surface area contributed by atoms with Gasteiger partial charge >= 0.3 is 0 Å². The van der Waals surface area contributed by atoms with E-state index in [1.165, 1.54) is 18.2 Å². The van der Waals surface area contributed by atoms with E-state index >= 15 is 0 Å². The second-order valence-electron chi connectivity index (χ2n) is 6.26. The molecule has 0 aliphatic heterocycles. The van der Waals surface area contributed by atoms with Gasteiger partial charge in [-0.05, 0) is 35.7 Å². The molecule has 0 aromatic heterocycles. The van der Waals surface area contributed by atoms with Gasteiger partial charge in [0, 0.05) is 18.2 Å². The van der Waals surface area contributed by atoms with E-state index in [-0.39, 0.29) is 17.8 Å². The van der Waals surface area contributed by atoms with Crippen molar-refractivity contribution in [3.8, 4) is 0 Å². The van der Waals surface area contributed by atoms with Crippen molar-refractivity contribution in [2.45, 2.75) is 19.0 Å². The van der Waals surface area contributed by atoms with Crippen molar-refractivity contribution in [3.63, 3.8) is 0 Å². The number of nitrogens with zero attached hydrogens (tertiary/aromatic N) is 1. The predicted octanol–water partition coefficient (Wildman–Crippen LogP) is 5.31. The van der Waals surface area contributed by atoms with Gasteiger partial charge in [0.05, 0.1) is 11.0 Å². The van der Waals surface area contributed by atoms with E-state index in [4.69, 9.17) is 0 Å². The SMILES string of the molecule is C[C@@H](NC(c1ccccc1)c1cccc([N+](=O)[O-])c1)c1ccc(F)c(F)c1. The van der Waals surface area contributed by atoms with Gasteiger partial charge in [-0.1, -0.05) is 48.5 Å². The summed E-state index contributed by atoms with van der Waals surface area (Å²) in [7, 11) is 0. The molecule has 3 aromatic carbocycles. The number of hydrogen-bond donors (Lipinski definition) is 1. The van der Waals surface area contributed by atoms with Crippen molar-refractivity contribution in [1.29, 1.82) is 0 Å². The first-order valence-corrected chi connectivity index (χ1v) is 8.46. The minimum atomic E-state index is -0.909. The fourth-order valence-corrected chi connectivity index (χ4v) is 2.98. The molecule has 0 aliphatic rings. The number of nitro benzene ring substituents is 1. The first-order chi connectivity index (χ1) is 13.0. The Kier molecular flexibility index (Phi) is 5.57. The Labute approximate surface area is 155 Å². The van der Waals surface area contributed by atoms with Gasteiger partial charge < -0.3 is 0 Å². The van der Waals surface area contributed by atoms with Crippen LogP contribution in [-0.2, 0) is 0 Å². The largest absolute Gasteiger partial charge is 0.300 e. The summed E-state index contributed by atoms with van der Waals surface area (Å²) in [4.78, 5) is 10.7. The maximum Gasteiger partial charge on any atom is 0.269 e. The number of halogens is 2. The predicted molar refractivity (Wildman–Crippen MR) is 99.3 cm³/mol. The topological polar surface area (TPSA) is 55.2 Å². The van der Waals surface area contributed by atoms with E-state index in [2.05, 4.69) is 5.32 Å². The summed E-state index contributed by atoms with van der Waals surface area (Å²) < 4.78 is 26.8. The second-order valence-corrected chi connectivity index (χ2v) is 6.26. The number of benzene rings is 3. The minimum Gasteiger partial charge on any atom is -0.300 e. The fraction of sp³-hybridized carbons (Fsp3) is 0.143. The average molecular weight is 368 g/mol. The summed E-state index contributed by atoms with van der Waals surface area (Å²) in [5.74, 6) is -1.81. The van der Waals surface area contributed by atoms with E-state index in [0.29, 0.717) is 11.1 Å². The number of rotatable bonds is 6. The highest BCUT2D eigenvalue weighted by Gasteiger charge is 2.20. The van der Waals surface area contributed by atoms with Crippen LogP contribution in [-0.4, -0.2) is 4.92 Å². The third-order valence-electron chi connectivity index (χ3n) is 4.41. The van der Waals surface area contributed by atoms with Crippen LogP contribution in [0.5, 0.6) is 0 Å². The van der Waals surface area contributed by atoms with Crippen LogP contribution in [0.25, 0.3) is 0 Å². The van der Waals surface area contributed by atoms with Crippen LogP contribution in [0, 0.1) is 21.7 Å². The molecule has 3 aromatic rings. The summed E-state index contributed by atoms with van der Waals surface area (Å²) >= 11 is 0. The van der Waals surface area contributed by atoms with Gasteiger partial charge in [-0.3, -0.25) is 15.4 Å². The number of nitro groups is 1. The summed E-state index contributed by atoms with van der Waals surface area (Å²) in [6.07, 6.45) is 0. The molecule has 0 fully saturated rings. The van der Waals surface area contributed by atoms with E-state index in [1.54, 1.807) is 12.1 Å². The van der Waals surface area contributed by atoms with E-state index in [0.717, 1.165) is 17.7 Å². The molecular formula is C21H18F2N2O2. The summed E-state index contributed by atoms with van der Waals surface area (Å²) in [5, 5.41) is 14.5. The van der Waals surface area contributed by atoms with Gasteiger partial charge in [-0.2, -0.15) is 0 Å². The van der Waals surface area contributed by atoms with Crippen molar-refractivity contribution in [2.24, 2.45) is 0 Å². The standard InChI is InChI=1S/C21H18F2N2O2/c1-14(16-10-11-19(22)20(23)13-16)24-21(15-6-3-2-4-7-15)17-8-5-9-18(12-17)25(26)27/h2-14,21,24H,1H3/t14-,21?/m1/s1. The monoisotopic (exact) mass is 368 g/mol. The second kappa shape index (κ2) is 8.05. The number of non-ortho nitro benzene ring substituents is 1. The fourth-order valence-electron chi connectivity index (χ4n) is 2.98. The normalized spacial score (nSPS) is 13.1. The summed E-state index contributed by atoms with van der Waals surface area (Å²) in [5.41, 5.74) is 2.20. The van der Waals surface area contributed by atoms with Crippen LogP contribution in [0.3, 0.4) is 0 Å². The zero-order valence-corrected chi connectivity index (χ0v) is 14.6. The van der Waals surface area contributed by atoms with E-state index in [9.17, 15) is 18.9 Å². The molecule has 0 saturated heterocycles. The lowest BCUT2D eigenvalue weighted by Gasteiger charge is -2.25. The van der Waals surface area contributed by atoms with Gasteiger partial charge in [0.25, 0.3) is 5.69 Å². The van der Waals surface area contributed by atoms with Crippen LogP contribution >= 0.6 is 0 Å². The molecule has 4 nitrogen and oxygen atoms in total. The lowest BCUT2D eigenvalue weighted by Crippen LogP contribution is -2.26. The molecular weight excluding hydrogens is 350 g/mol. The molecule has 138 valence electrons. The zero-order valence-electron chi connectivity index (χ0n) is 14.6. The van der Waals surface area contributed by atoms with Crippen LogP contribution in [0.2, 0.25) is 0 Å². The van der Waals surface area contributed by atoms with Crippen molar-refractivity contribution in [1.82, 2.24) is 5.32 Å². The first-order valence-electron chi connectivity index (χ1n) is 8.46. The Morgan fingerprint density at radius 3 is 2.22 bits per heavy atom. The Morgan fingerprint density at radius 2 is 1.56 bits per heavy atom. The van der Waals surface area contributed by atoms with Crippen molar-refractivity contribution < 1.29 is 13.7 Å². The molecule has 6 heteroatoms. The first kappa shape index (κ1) is 18.7. The minimum absolute atomic E-state index is 0.00397. The van der Waals surface area contributed by atoms with Crippen LogP contribution < -0.4 is 5.32 Å². The summed E-state index contributed by atoms with van der Waals surface area (Å²) in [6, 6.07) is 18.9. The molecule has 0 radical (unpaired) electrons. The average Bonchev–Trinajstić information content (AvgIpc) is 2.68. The van der Waals surface area contributed by atoms with Gasteiger partial charge in [-0.25, -0.2) is 8.78 Å². The van der Waals surface area contributed by atoms with Gasteiger partial charge in [0.1, 0.15) is 0 Å². The molecule has 0 bridgehead atoms. The maximum absolute atomic E-state index is 13.6. The number of hydrogen-bond acceptors (Lipinski definition) is 3. The van der Waals surface area contributed by atoms with E-state index < -0.39 is 16.6 Å². The number of nitrogens with one attached hydrogen (secondary N) is 1. The van der Waals surface area contributed by atoms with Crippen LogP contribution in [0.4, 0.5) is 14.5 Å².